The van der Waals surface area contributed by atoms with Gasteiger partial charge in [-0.15, -0.1) is 0 Å². The monoisotopic (exact) mass is 587 g/mol. The molecule has 0 aliphatic carbocycles. The molecule has 1 aliphatic heterocycles. The Morgan fingerprint density at radius 3 is 2.21 bits per heavy atom. The molecule has 1 amide bonds. The Balaban J connectivity index is 2.10. The lowest BCUT2D eigenvalue weighted by molar-refractivity contribution is -0.0984. The molecule has 0 radical (unpaired) electrons. The van der Waals surface area contributed by atoms with Crippen LogP contribution in [-0.4, -0.2) is 93.1 Å². The van der Waals surface area contributed by atoms with Crippen LogP contribution in [0.15, 0.2) is 35.1 Å². The van der Waals surface area contributed by atoms with E-state index in [0.29, 0.717) is 11.8 Å². The summed E-state index contributed by atoms with van der Waals surface area (Å²) in [4.78, 5) is 44.0. The van der Waals surface area contributed by atoms with Crippen molar-refractivity contribution >= 4 is 32.0 Å². The molecule has 214 valence electrons. The zero-order chi connectivity index (χ0) is 29.0. The smallest absolute Gasteiger partial charge is 0.361 e. The van der Waals surface area contributed by atoms with Crippen molar-refractivity contribution < 1.29 is 45.2 Å². The molecule has 2 heterocycles. The van der Waals surface area contributed by atoms with Crippen LogP contribution in [0.25, 0.3) is 0 Å². The third kappa shape index (κ3) is 7.00. The maximum atomic E-state index is 13.0. The molecule has 1 aromatic carbocycles. The highest BCUT2D eigenvalue weighted by atomic mass is 32.2. The number of carbonyl (C=O) groups excluding carboxylic acids is 2. The Labute approximate surface area is 225 Å². The first-order valence-electron chi connectivity index (χ1n) is 11.8. The van der Waals surface area contributed by atoms with Crippen LogP contribution >= 0.6 is 0 Å². The maximum Gasteiger partial charge on any atom is 0.361 e. The lowest BCUT2D eigenvalue weighted by atomic mass is 9.89. The Kier molecular flexibility index (Phi) is 9.15. The maximum absolute atomic E-state index is 13.0. The molecule has 2 aromatic rings. The van der Waals surface area contributed by atoms with Crippen LogP contribution in [0.3, 0.4) is 0 Å². The number of nitrogens with zero attached hydrogens (tertiary/aromatic N) is 3. The summed E-state index contributed by atoms with van der Waals surface area (Å²) in [5, 5.41) is 10.3. The normalized spacial score (nSPS) is 15.6. The van der Waals surface area contributed by atoms with E-state index in [0.717, 1.165) is 6.26 Å². The van der Waals surface area contributed by atoms with E-state index in [9.17, 15) is 36.3 Å². The highest BCUT2D eigenvalue weighted by Crippen LogP contribution is 2.37. The summed E-state index contributed by atoms with van der Waals surface area (Å²) in [6, 6.07) is 8.44. The van der Waals surface area contributed by atoms with Crippen molar-refractivity contribution in [3.8, 4) is 5.75 Å². The van der Waals surface area contributed by atoms with E-state index in [1.165, 1.54) is 11.8 Å². The van der Waals surface area contributed by atoms with Crippen LogP contribution in [0, 0.1) is 0 Å². The lowest BCUT2D eigenvalue weighted by Crippen LogP contribution is -2.50. The molecule has 0 saturated carbocycles. The van der Waals surface area contributed by atoms with E-state index in [2.05, 4.69) is 4.98 Å². The summed E-state index contributed by atoms with van der Waals surface area (Å²) in [6.07, 6.45) is 1.35. The largest absolute Gasteiger partial charge is 0.501 e. The number of hydrogen-bond acceptors (Lipinski definition) is 12. The molecule has 1 saturated heterocycles. The molecule has 39 heavy (non-hydrogen) atoms. The number of rotatable bonds is 10. The first kappa shape index (κ1) is 30.2. The summed E-state index contributed by atoms with van der Waals surface area (Å²) in [5.74, 6) is -3.21. The van der Waals surface area contributed by atoms with Crippen LogP contribution in [-0.2, 0) is 39.4 Å². The number of ether oxygens (including phenoxy) is 2. The van der Waals surface area contributed by atoms with Crippen molar-refractivity contribution in [2.75, 3.05) is 45.4 Å². The Morgan fingerprint density at radius 1 is 1.05 bits per heavy atom. The highest BCUT2D eigenvalue weighted by molar-refractivity contribution is 7.89. The van der Waals surface area contributed by atoms with Gasteiger partial charge in [0, 0.05) is 31.5 Å². The van der Waals surface area contributed by atoms with Gasteiger partial charge in [0.05, 0.1) is 32.3 Å². The van der Waals surface area contributed by atoms with Gasteiger partial charge in [-0.2, -0.15) is 12.4 Å². The van der Waals surface area contributed by atoms with E-state index in [-0.39, 0.29) is 49.0 Å². The molecule has 1 fully saturated rings. The van der Waals surface area contributed by atoms with Crippen molar-refractivity contribution in [1.29, 1.82) is 0 Å². The number of esters is 1. The van der Waals surface area contributed by atoms with Gasteiger partial charge in [-0.1, -0.05) is 18.2 Å². The van der Waals surface area contributed by atoms with Crippen LogP contribution in [0.2, 0.25) is 0 Å². The molecule has 1 aliphatic rings. The average Bonchev–Trinajstić information content (AvgIpc) is 2.87. The van der Waals surface area contributed by atoms with Crippen LogP contribution in [0.4, 0.5) is 0 Å². The number of aromatic nitrogens is 2. The van der Waals surface area contributed by atoms with Gasteiger partial charge in [0.1, 0.15) is 5.60 Å². The summed E-state index contributed by atoms with van der Waals surface area (Å²) in [7, 11) is -8.24. The standard InChI is InChI=1S/C23H29N3O11S2/c1-4-35-21(30)17-18(27)20(29)26(38(2,31)32)22(24-17)23(36-14-15-37-39(3,33)34)10-12-25(13-11-23)19(28)16-8-6-5-7-9-16/h5-9,27H,4,10-15H2,1-3H3. The van der Waals surface area contributed by atoms with Crippen LogP contribution in [0.5, 0.6) is 5.75 Å². The van der Waals surface area contributed by atoms with Crippen molar-refractivity contribution in [3.63, 3.8) is 0 Å². The van der Waals surface area contributed by atoms with E-state index in [4.69, 9.17) is 13.7 Å². The minimum absolute atomic E-state index is 0.0237. The molecule has 3 rings (SSSR count). The molecule has 0 unspecified atom stereocenters. The van der Waals surface area contributed by atoms with Crippen molar-refractivity contribution in [1.82, 2.24) is 13.9 Å². The van der Waals surface area contributed by atoms with Gasteiger partial charge in [-0.25, -0.2) is 18.2 Å². The number of piperidine rings is 1. The van der Waals surface area contributed by atoms with Crippen molar-refractivity contribution in [3.05, 3.63) is 57.8 Å². The van der Waals surface area contributed by atoms with Gasteiger partial charge in [-0.05, 0) is 19.1 Å². The summed E-state index contributed by atoms with van der Waals surface area (Å²) in [5.41, 5.74) is -3.53. The molecule has 1 N–H and O–H groups in total. The zero-order valence-corrected chi connectivity index (χ0v) is 23.2. The molecule has 0 bridgehead atoms. The second-order valence-electron chi connectivity index (χ2n) is 8.71. The second-order valence-corrected chi connectivity index (χ2v) is 12.2. The number of hydrogen-bond donors (Lipinski definition) is 1. The lowest BCUT2D eigenvalue weighted by Gasteiger charge is -2.41. The van der Waals surface area contributed by atoms with Gasteiger partial charge < -0.3 is 19.5 Å². The fourth-order valence-electron chi connectivity index (χ4n) is 4.12. The van der Waals surface area contributed by atoms with Crippen LogP contribution < -0.4 is 5.56 Å². The van der Waals surface area contributed by atoms with Crippen molar-refractivity contribution in [2.24, 2.45) is 0 Å². The Morgan fingerprint density at radius 2 is 1.67 bits per heavy atom. The first-order valence-corrected chi connectivity index (χ1v) is 15.4. The number of benzene rings is 1. The molecule has 1 aromatic heterocycles. The fourth-order valence-corrected chi connectivity index (χ4v) is 5.40. The SMILES string of the molecule is CCOC(=O)c1nc(C2(OCCOS(C)(=O)=O)CCN(C(=O)c3ccccc3)CC2)n(S(C)(=O)=O)c(=O)c1O. The second kappa shape index (κ2) is 11.8. The Bertz CT molecular complexity index is 1500. The molecule has 0 atom stereocenters. The third-order valence-corrected chi connectivity index (χ3v) is 7.46. The molecule has 16 heteroatoms. The first-order chi connectivity index (χ1) is 18.2. The molecular formula is C23H29N3O11S2. The molecule has 14 nitrogen and oxygen atoms in total. The average molecular weight is 588 g/mol. The predicted octanol–water partition coefficient (Wildman–Crippen LogP) is 0.0576. The topological polar surface area (TPSA) is 188 Å². The van der Waals surface area contributed by atoms with E-state index < -0.39 is 61.1 Å². The van der Waals surface area contributed by atoms with Crippen LogP contribution in [0.1, 0.15) is 46.4 Å². The number of likely N-dealkylation sites (tertiary alicyclic amines) is 1. The van der Waals surface area contributed by atoms with Gasteiger partial charge in [0.2, 0.25) is 15.8 Å². The van der Waals surface area contributed by atoms with Gasteiger partial charge in [0.15, 0.2) is 11.5 Å². The van der Waals surface area contributed by atoms with E-state index in [1.54, 1.807) is 30.3 Å². The van der Waals surface area contributed by atoms with Gasteiger partial charge >= 0.3 is 11.5 Å². The van der Waals surface area contributed by atoms with E-state index >= 15 is 0 Å². The minimum atomic E-state index is -4.41. The predicted molar refractivity (Wildman–Crippen MR) is 136 cm³/mol. The highest BCUT2D eigenvalue weighted by Gasteiger charge is 2.45. The van der Waals surface area contributed by atoms with Gasteiger partial charge in [0.25, 0.3) is 16.0 Å². The van der Waals surface area contributed by atoms with Crippen molar-refractivity contribution in [2.45, 2.75) is 25.4 Å². The Hall–Kier alpha value is -3.34. The number of aromatic hydroxyl groups is 1. The minimum Gasteiger partial charge on any atom is -0.501 e. The van der Waals surface area contributed by atoms with Gasteiger partial charge in [-0.3, -0.25) is 13.8 Å². The number of amides is 1. The summed E-state index contributed by atoms with van der Waals surface area (Å²) >= 11 is 0. The molecular weight excluding hydrogens is 558 g/mol. The number of carbonyl (C=O) groups is 2. The fraction of sp³-hybridized carbons (Fsp3) is 0.478. The summed E-state index contributed by atoms with van der Waals surface area (Å²) in [6.45, 7) is 0.588. The zero-order valence-electron chi connectivity index (χ0n) is 21.5. The van der Waals surface area contributed by atoms with E-state index in [1.807, 2.05) is 0 Å². The third-order valence-electron chi connectivity index (χ3n) is 5.87. The summed E-state index contributed by atoms with van der Waals surface area (Å²) < 4.78 is 64.0. The molecule has 0 spiro atoms. The quantitative estimate of drug-likeness (QED) is 0.224.